The van der Waals surface area contributed by atoms with Crippen molar-refractivity contribution in [1.29, 1.82) is 0 Å². The molecule has 0 aliphatic carbocycles. The molecule has 19 heavy (non-hydrogen) atoms. The lowest BCUT2D eigenvalue weighted by Gasteiger charge is -2.16. The molecule has 2 aromatic heterocycles. The van der Waals surface area contributed by atoms with Crippen LogP contribution >= 0.6 is 11.6 Å². The number of imidazole rings is 1. The number of aromatic nitrogens is 3. The topological polar surface area (TPSA) is 79.8 Å². The summed E-state index contributed by atoms with van der Waals surface area (Å²) in [6.45, 7) is 3.80. The van der Waals surface area contributed by atoms with Crippen molar-refractivity contribution in [3.8, 4) is 0 Å². The zero-order chi connectivity index (χ0) is 14.0. The number of pyridine rings is 1. The van der Waals surface area contributed by atoms with Gasteiger partial charge >= 0.3 is 5.69 Å². The van der Waals surface area contributed by atoms with Gasteiger partial charge in [0.05, 0.1) is 16.6 Å². The van der Waals surface area contributed by atoms with E-state index < -0.39 is 0 Å². The molecule has 2 aromatic rings. The molecule has 1 atom stereocenters. The van der Waals surface area contributed by atoms with Gasteiger partial charge in [0.25, 0.3) is 0 Å². The Morgan fingerprint density at radius 3 is 3.00 bits per heavy atom. The molecule has 0 aliphatic heterocycles. The first-order valence-electron chi connectivity index (χ1n) is 6.03. The van der Waals surface area contributed by atoms with Crippen LogP contribution in [0.5, 0.6) is 0 Å². The summed E-state index contributed by atoms with van der Waals surface area (Å²) >= 11 is 5.91. The van der Waals surface area contributed by atoms with Gasteiger partial charge in [0, 0.05) is 19.7 Å². The van der Waals surface area contributed by atoms with Gasteiger partial charge in [-0.3, -0.25) is 14.3 Å². The van der Waals surface area contributed by atoms with Crippen molar-refractivity contribution in [2.75, 3.05) is 6.54 Å². The SMILES string of the molecule is CC[C@H](CNC(C)=O)n1c(=O)[nH]c2ncc(Cl)cc21. The number of hydrogen-bond acceptors (Lipinski definition) is 3. The maximum absolute atomic E-state index is 12.0. The Morgan fingerprint density at radius 1 is 1.63 bits per heavy atom. The number of carbonyl (C=O) groups is 1. The maximum Gasteiger partial charge on any atom is 0.327 e. The first-order valence-corrected chi connectivity index (χ1v) is 6.41. The van der Waals surface area contributed by atoms with E-state index in [1.165, 1.54) is 13.1 Å². The van der Waals surface area contributed by atoms with E-state index in [2.05, 4.69) is 15.3 Å². The number of amides is 1. The van der Waals surface area contributed by atoms with E-state index in [1.54, 1.807) is 10.6 Å². The van der Waals surface area contributed by atoms with E-state index in [1.807, 2.05) is 6.92 Å². The summed E-state index contributed by atoms with van der Waals surface area (Å²) in [7, 11) is 0. The highest BCUT2D eigenvalue weighted by Gasteiger charge is 2.16. The van der Waals surface area contributed by atoms with Crippen LogP contribution in [0.1, 0.15) is 26.3 Å². The first kappa shape index (κ1) is 13.6. The molecule has 0 fully saturated rings. The lowest BCUT2D eigenvalue weighted by atomic mass is 10.2. The number of H-pyrrole nitrogens is 1. The summed E-state index contributed by atoms with van der Waals surface area (Å²) in [6.07, 6.45) is 2.19. The van der Waals surface area contributed by atoms with Crippen LogP contribution in [0.2, 0.25) is 5.02 Å². The number of halogens is 1. The highest BCUT2D eigenvalue weighted by Crippen LogP contribution is 2.18. The smallest absolute Gasteiger partial charge is 0.327 e. The lowest BCUT2D eigenvalue weighted by Crippen LogP contribution is -2.32. The second-order valence-electron chi connectivity index (χ2n) is 4.32. The van der Waals surface area contributed by atoms with Crippen LogP contribution in [0.3, 0.4) is 0 Å². The van der Waals surface area contributed by atoms with Crippen LogP contribution in [0.4, 0.5) is 0 Å². The van der Waals surface area contributed by atoms with Crippen molar-refractivity contribution in [2.45, 2.75) is 26.3 Å². The van der Waals surface area contributed by atoms with Crippen molar-refractivity contribution in [1.82, 2.24) is 19.9 Å². The second kappa shape index (κ2) is 5.44. The molecular formula is C12H15ClN4O2. The Balaban J connectivity index is 2.46. The fourth-order valence-electron chi connectivity index (χ4n) is 2.02. The molecule has 2 N–H and O–H groups in total. The number of aromatic amines is 1. The number of nitrogens with zero attached hydrogens (tertiary/aromatic N) is 2. The fourth-order valence-corrected chi connectivity index (χ4v) is 2.17. The quantitative estimate of drug-likeness (QED) is 0.891. The molecule has 0 spiro atoms. The molecule has 0 bridgehead atoms. The van der Waals surface area contributed by atoms with Gasteiger partial charge in [-0.05, 0) is 12.5 Å². The highest BCUT2D eigenvalue weighted by molar-refractivity contribution is 6.31. The molecule has 0 radical (unpaired) electrons. The van der Waals surface area contributed by atoms with Crippen molar-refractivity contribution in [3.63, 3.8) is 0 Å². The second-order valence-corrected chi connectivity index (χ2v) is 4.76. The highest BCUT2D eigenvalue weighted by atomic mass is 35.5. The van der Waals surface area contributed by atoms with Gasteiger partial charge in [-0.25, -0.2) is 9.78 Å². The van der Waals surface area contributed by atoms with Gasteiger partial charge in [0.15, 0.2) is 5.65 Å². The third kappa shape index (κ3) is 2.78. The minimum Gasteiger partial charge on any atom is -0.354 e. The Hall–Kier alpha value is -1.82. The van der Waals surface area contributed by atoms with E-state index in [0.29, 0.717) is 29.2 Å². The predicted molar refractivity (Wildman–Crippen MR) is 73.4 cm³/mol. The molecule has 0 aromatic carbocycles. The maximum atomic E-state index is 12.0. The lowest BCUT2D eigenvalue weighted by molar-refractivity contribution is -0.119. The summed E-state index contributed by atoms with van der Waals surface area (Å²) < 4.78 is 1.59. The summed E-state index contributed by atoms with van der Waals surface area (Å²) in [4.78, 5) is 29.8. The molecule has 0 saturated carbocycles. The van der Waals surface area contributed by atoms with Gasteiger partial charge in [-0.15, -0.1) is 0 Å². The Kier molecular flexibility index (Phi) is 3.90. The molecule has 0 aliphatic rings. The molecule has 6 nitrogen and oxygen atoms in total. The van der Waals surface area contributed by atoms with Crippen LogP contribution in [-0.2, 0) is 4.79 Å². The van der Waals surface area contributed by atoms with Gasteiger partial charge in [-0.1, -0.05) is 18.5 Å². The first-order chi connectivity index (χ1) is 9.02. The molecule has 2 rings (SSSR count). The Morgan fingerprint density at radius 2 is 2.37 bits per heavy atom. The zero-order valence-electron chi connectivity index (χ0n) is 10.7. The molecule has 2 heterocycles. The van der Waals surface area contributed by atoms with Crippen molar-refractivity contribution < 1.29 is 4.79 Å². The molecular weight excluding hydrogens is 268 g/mol. The number of rotatable bonds is 4. The largest absolute Gasteiger partial charge is 0.354 e. The van der Waals surface area contributed by atoms with E-state index in [-0.39, 0.29) is 17.6 Å². The van der Waals surface area contributed by atoms with E-state index in [0.717, 1.165) is 0 Å². The van der Waals surface area contributed by atoms with Crippen LogP contribution in [-0.4, -0.2) is 27.0 Å². The monoisotopic (exact) mass is 282 g/mol. The third-order valence-corrected chi connectivity index (χ3v) is 3.17. The van der Waals surface area contributed by atoms with Crippen LogP contribution in [0, 0.1) is 0 Å². The molecule has 102 valence electrons. The van der Waals surface area contributed by atoms with Crippen LogP contribution in [0.25, 0.3) is 11.2 Å². The van der Waals surface area contributed by atoms with E-state index in [4.69, 9.17) is 11.6 Å². The number of nitrogens with one attached hydrogen (secondary N) is 2. The van der Waals surface area contributed by atoms with Gasteiger partial charge < -0.3 is 5.32 Å². The fraction of sp³-hybridized carbons (Fsp3) is 0.417. The standard InChI is InChI=1S/C12H15ClN4O2/c1-3-9(6-14-7(2)18)17-10-4-8(13)5-15-11(10)16-12(17)19/h4-5,9H,3,6H2,1-2H3,(H,14,18)(H,15,16,19)/t9-/m1/s1. The average Bonchev–Trinajstić information content (AvgIpc) is 2.66. The Bertz CT molecular complexity index is 661. The number of fused-ring (bicyclic) bond motifs is 1. The van der Waals surface area contributed by atoms with Crippen LogP contribution in [0.15, 0.2) is 17.1 Å². The van der Waals surface area contributed by atoms with Crippen molar-refractivity contribution in [2.24, 2.45) is 0 Å². The minimum atomic E-state index is -0.248. The number of carbonyl (C=O) groups excluding carboxylic acids is 1. The molecule has 1 amide bonds. The molecule has 0 saturated heterocycles. The predicted octanol–water partition coefficient (Wildman–Crippen LogP) is 1.47. The Labute approximate surface area is 114 Å². The normalized spacial score (nSPS) is 12.6. The van der Waals surface area contributed by atoms with Crippen molar-refractivity contribution >= 4 is 28.7 Å². The third-order valence-electron chi connectivity index (χ3n) is 2.96. The van der Waals surface area contributed by atoms with E-state index in [9.17, 15) is 9.59 Å². The molecule has 7 heteroatoms. The van der Waals surface area contributed by atoms with Gasteiger partial charge in [-0.2, -0.15) is 0 Å². The number of hydrogen-bond donors (Lipinski definition) is 2. The van der Waals surface area contributed by atoms with E-state index >= 15 is 0 Å². The van der Waals surface area contributed by atoms with Gasteiger partial charge in [0.2, 0.25) is 5.91 Å². The van der Waals surface area contributed by atoms with Crippen LogP contribution < -0.4 is 11.0 Å². The van der Waals surface area contributed by atoms with Gasteiger partial charge in [0.1, 0.15) is 0 Å². The molecule has 0 unspecified atom stereocenters. The summed E-state index contributed by atoms with van der Waals surface area (Å²) in [5.74, 6) is -0.123. The average molecular weight is 283 g/mol. The summed E-state index contributed by atoms with van der Waals surface area (Å²) in [5.41, 5.74) is 0.896. The summed E-state index contributed by atoms with van der Waals surface area (Å²) in [5, 5.41) is 3.19. The van der Waals surface area contributed by atoms with Crippen molar-refractivity contribution in [3.05, 3.63) is 27.8 Å². The summed E-state index contributed by atoms with van der Waals surface area (Å²) in [6, 6.07) is 1.56. The zero-order valence-corrected chi connectivity index (χ0v) is 11.5. The minimum absolute atomic E-state index is 0.123.